The van der Waals surface area contributed by atoms with Crippen molar-refractivity contribution in [2.75, 3.05) is 19.6 Å². The number of rotatable bonds is 7. The van der Waals surface area contributed by atoms with E-state index in [1.807, 2.05) is 50.7 Å². The van der Waals surface area contributed by atoms with Crippen molar-refractivity contribution in [2.24, 2.45) is 5.92 Å². The standard InChI is InChI=1S/C22H32N4O3S/c1-16-15-17(2)19(4)21(18(16)3)30(28,29)26-13-7-20(8-14-26)22(27)23-9-5-11-25-12-6-10-24-25/h6,10,12,15,20H,5,7-9,11,13-14H2,1-4H3,(H,23,27). The molecule has 1 aliphatic heterocycles. The Morgan fingerprint density at radius 3 is 2.33 bits per heavy atom. The highest BCUT2D eigenvalue weighted by Crippen LogP contribution is 2.31. The van der Waals surface area contributed by atoms with Crippen LogP contribution in [0.1, 0.15) is 41.5 Å². The summed E-state index contributed by atoms with van der Waals surface area (Å²) in [6, 6.07) is 3.91. The number of carbonyl (C=O) groups is 1. The molecule has 0 atom stereocenters. The minimum atomic E-state index is -3.57. The van der Waals surface area contributed by atoms with Crippen molar-refractivity contribution >= 4 is 15.9 Å². The average molecular weight is 433 g/mol. The highest BCUT2D eigenvalue weighted by molar-refractivity contribution is 7.89. The molecule has 1 aromatic heterocycles. The summed E-state index contributed by atoms with van der Waals surface area (Å²) in [4.78, 5) is 12.9. The molecule has 7 nitrogen and oxygen atoms in total. The minimum absolute atomic E-state index is 0.0197. The number of benzene rings is 1. The lowest BCUT2D eigenvalue weighted by Crippen LogP contribution is -2.43. The molecule has 0 radical (unpaired) electrons. The highest BCUT2D eigenvalue weighted by atomic mass is 32.2. The Balaban J connectivity index is 1.56. The molecule has 1 amide bonds. The van der Waals surface area contributed by atoms with E-state index in [1.165, 1.54) is 0 Å². The highest BCUT2D eigenvalue weighted by Gasteiger charge is 2.34. The molecular formula is C22H32N4O3S. The summed E-state index contributed by atoms with van der Waals surface area (Å²) in [6.45, 7) is 9.75. The molecular weight excluding hydrogens is 400 g/mol. The maximum atomic E-state index is 13.4. The molecule has 2 aromatic rings. The van der Waals surface area contributed by atoms with Crippen molar-refractivity contribution in [3.05, 3.63) is 46.8 Å². The zero-order valence-corrected chi connectivity index (χ0v) is 19.1. The van der Waals surface area contributed by atoms with Gasteiger partial charge in [0.2, 0.25) is 15.9 Å². The van der Waals surface area contributed by atoms with Crippen LogP contribution in [0.5, 0.6) is 0 Å². The molecule has 0 unspecified atom stereocenters. The summed E-state index contributed by atoms with van der Waals surface area (Å²) in [5.74, 6) is -0.117. The number of aryl methyl sites for hydroxylation is 3. The predicted octanol–water partition coefficient (Wildman–Crippen LogP) is 2.72. The van der Waals surface area contributed by atoms with Crippen LogP contribution in [-0.4, -0.2) is 48.0 Å². The zero-order valence-electron chi connectivity index (χ0n) is 18.3. The van der Waals surface area contributed by atoms with Crippen molar-refractivity contribution < 1.29 is 13.2 Å². The molecule has 0 saturated carbocycles. The maximum Gasteiger partial charge on any atom is 0.243 e. The van der Waals surface area contributed by atoms with Crippen molar-refractivity contribution in [2.45, 2.75) is 58.4 Å². The van der Waals surface area contributed by atoms with E-state index < -0.39 is 10.0 Å². The topological polar surface area (TPSA) is 84.3 Å². The average Bonchev–Trinajstić information content (AvgIpc) is 3.23. The van der Waals surface area contributed by atoms with Crippen LogP contribution in [0.3, 0.4) is 0 Å². The third-order valence-corrected chi connectivity index (χ3v) is 8.32. The van der Waals surface area contributed by atoms with Crippen LogP contribution >= 0.6 is 0 Å². The molecule has 2 heterocycles. The molecule has 1 aliphatic rings. The predicted molar refractivity (Wildman–Crippen MR) is 117 cm³/mol. The number of nitrogens with one attached hydrogen (secondary N) is 1. The van der Waals surface area contributed by atoms with Crippen molar-refractivity contribution in [3.63, 3.8) is 0 Å². The van der Waals surface area contributed by atoms with Gasteiger partial charge in [-0.2, -0.15) is 9.40 Å². The van der Waals surface area contributed by atoms with Gasteiger partial charge in [-0.1, -0.05) is 6.07 Å². The van der Waals surface area contributed by atoms with E-state index in [2.05, 4.69) is 10.4 Å². The van der Waals surface area contributed by atoms with Gasteiger partial charge in [-0.25, -0.2) is 8.42 Å². The minimum Gasteiger partial charge on any atom is -0.356 e. The summed E-state index contributed by atoms with van der Waals surface area (Å²) in [6.07, 6.45) is 5.55. The lowest BCUT2D eigenvalue weighted by Gasteiger charge is -2.31. The maximum absolute atomic E-state index is 13.4. The Hall–Kier alpha value is -2.19. The first kappa shape index (κ1) is 22.5. The third kappa shape index (κ3) is 4.75. The van der Waals surface area contributed by atoms with Crippen molar-refractivity contribution in [3.8, 4) is 0 Å². The van der Waals surface area contributed by atoms with Crippen LogP contribution in [0.4, 0.5) is 0 Å². The largest absolute Gasteiger partial charge is 0.356 e. The number of carbonyl (C=O) groups excluding carboxylic acids is 1. The van der Waals surface area contributed by atoms with Crippen LogP contribution < -0.4 is 5.32 Å². The molecule has 1 saturated heterocycles. The first-order valence-electron chi connectivity index (χ1n) is 10.5. The van der Waals surface area contributed by atoms with Gasteiger partial charge < -0.3 is 5.32 Å². The molecule has 164 valence electrons. The van der Waals surface area contributed by atoms with E-state index in [0.717, 1.165) is 35.2 Å². The molecule has 8 heteroatoms. The zero-order chi connectivity index (χ0) is 21.9. The Bertz CT molecular complexity index is 966. The normalized spacial score (nSPS) is 16.0. The van der Waals surface area contributed by atoms with Crippen LogP contribution in [-0.2, 0) is 21.4 Å². The Morgan fingerprint density at radius 2 is 1.77 bits per heavy atom. The number of aromatic nitrogens is 2. The van der Waals surface area contributed by atoms with Gasteiger partial charge in [0.25, 0.3) is 0 Å². The third-order valence-electron chi connectivity index (χ3n) is 6.14. The second-order valence-corrected chi connectivity index (χ2v) is 10.1. The summed E-state index contributed by atoms with van der Waals surface area (Å²) >= 11 is 0. The van der Waals surface area contributed by atoms with Gasteiger partial charge in [-0.3, -0.25) is 9.48 Å². The molecule has 3 rings (SSSR count). The van der Waals surface area contributed by atoms with E-state index in [-0.39, 0.29) is 11.8 Å². The van der Waals surface area contributed by atoms with Crippen LogP contribution in [0.2, 0.25) is 0 Å². The first-order valence-corrected chi connectivity index (χ1v) is 12.0. The lowest BCUT2D eigenvalue weighted by atomic mass is 9.97. The van der Waals surface area contributed by atoms with Gasteiger partial charge in [-0.15, -0.1) is 0 Å². The summed E-state index contributed by atoms with van der Waals surface area (Å²) in [5.41, 5.74) is 3.60. The van der Waals surface area contributed by atoms with Crippen LogP contribution in [0, 0.1) is 33.6 Å². The quantitative estimate of drug-likeness (QED) is 0.682. The molecule has 1 N–H and O–H groups in total. The number of amides is 1. The van der Waals surface area contributed by atoms with E-state index in [1.54, 1.807) is 10.5 Å². The second-order valence-electron chi connectivity index (χ2n) is 8.18. The fraction of sp³-hybridized carbons (Fsp3) is 0.545. The Morgan fingerprint density at radius 1 is 1.13 bits per heavy atom. The Kier molecular flexibility index (Phi) is 6.98. The Labute approximate surface area is 179 Å². The van der Waals surface area contributed by atoms with Gasteiger partial charge in [0.1, 0.15) is 0 Å². The van der Waals surface area contributed by atoms with E-state index in [9.17, 15) is 13.2 Å². The molecule has 0 bridgehead atoms. The van der Waals surface area contributed by atoms with Crippen molar-refractivity contribution in [1.29, 1.82) is 0 Å². The van der Waals surface area contributed by atoms with Crippen molar-refractivity contribution in [1.82, 2.24) is 19.4 Å². The molecule has 0 aliphatic carbocycles. The molecule has 1 fully saturated rings. The smallest absolute Gasteiger partial charge is 0.243 e. The second kappa shape index (κ2) is 9.31. The number of sulfonamides is 1. The summed E-state index contributed by atoms with van der Waals surface area (Å²) < 4.78 is 30.1. The summed E-state index contributed by atoms with van der Waals surface area (Å²) in [7, 11) is -3.57. The SMILES string of the molecule is Cc1cc(C)c(C)c(S(=O)(=O)N2CCC(C(=O)NCCCn3cccn3)CC2)c1C. The van der Waals surface area contributed by atoms with E-state index in [0.29, 0.717) is 37.4 Å². The molecule has 30 heavy (non-hydrogen) atoms. The number of nitrogens with zero attached hydrogens (tertiary/aromatic N) is 3. The van der Waals surface area contributed by atoms with E-state index in [4.69, 9.17) is 0 Å². The fourth-order valence-electron chi connectivity index (χ4n) is 4.08. The molecule has 0 spiro atoms. The fourth-order valence-corrected chi connectivity index (χ4v) is 6.13. The number of hydrogen-bond acceptors (Lipinski definition) is 4. The number of hydrogen-bond donors (Lipinski definition) is 1. The summed E-state index contributed by atoms with van der Waals surface area (Å²) in [5, 5.41) is 7.13. The van der Waals surface area contributed by atoms with Gasteiger partial charge in [-0.05, 0) is 75.3 Å². The lowest BCUT2D eigenvalue weighted by molar-refractivity contribution is -0.126. The van der Waals surface area contributed by atoms with Gasteiger partial charge in [0.15, 0.2) is 0 Å². The number of piperidine rings is 1. The first-order chi connectivity index (χ1) is 14.2. The van der Waals surface area contributed by atoms with Gasteiger partial charge >= 0.3 is 0 Å². The van der Waals surface area contributed by atoms with Gasteiger partial charge in [0.05, 0.1) is 4.90 Å². The van der Waals surface area contributed by atoms with Crippen LogP contribution in [0.15, 0.2) is 29.4 Å². The van der Waals surface area contributed by atoms with Crippen LogP contribution in [0.25, 0.3) is 0 Å². The molecule has 1 aromatic carbocycles. The van der Waals surface area contributed by atoms with Gasteiger partial charge in [0, 0.05) is 44.5 Å². The van der Waals surface area contributed by atoms with E-state index >= 15 is 0 Å². The monoisotopic (exact) mass is 432 g/mol.